The Kier molecular flexibility index (Phi) is 8.56. The number of hydrogen-bond acceptors (Lipinski definition) is 4. The molecule has 3 aromatic carbocycles. The van der Waals surface area contributed by atoms with Crippen LogP contribution in [0.15, 0.2) is 72.8 Å². The van der Waals surface area contributed by atoms with Crippen LogP contribution in [0.3, 0.4) is 0 Å². The van der Waals surface area contributed by atoms with Crippen molar-refractivity contribution in [3.8, 4) is 0 Å². The van der Waals surface area contributed by atoms with E-state index in [1.165, 1.54) is 0 Å². The first-order valence-corrected chi connectivity index (χ1v) is 12.9. The van der Waals surface area contributed by atoms with E-state index < -0.39 is 6.04 Å². The molecule has 7 nitrogen and oxygen atoms in total. The number of aryl methyl sites for hydroxylation is 1. The van der Waals surface area contributed by atoms with Crippen molar-refractivity contribution in [2.75, 3.05) is 6.54 Å². The van der Waals surface area contributed by atoms with E-state index in [2.05, 4.69) is 29.5 Å². The quantitative estimate of drug-likeness (QED) is 0.308. The summed E-state index contributed by atoms with van der Waals surface area (Å²) in [5.41, 5.74) is 4.02. The average molecular weight is 518 g/mol. The molecule has 1 atom stereocenters. The largest absolute Gasteiger partial charge is 0.354 e. The predicted octanol–water partition coefficient (Wildman–Crippen LogP) is 5.33. The van der Waals surface area contributed by atoms with Gasteiger partial charge in [-0.2, -0.15) is 0 Å². The number of carbonyl (C=O) groups is 2. The molecule has 0 fully saturated rings. The van der Waals surface area contributed by atoms with Crippen LogP contribution in [0, 0.1) is 12.8 Å². The Morgan fingerprint density at radius 2 is 1.70 bits per heavy atom. The first-order chi connectivity index (χ1) is 17.8. The highest BCUT2D eigenvalue weighted by atomic mass is 35.5. The number of rotatable bonds is 10. The first kappa shape index (κ1) is 26.4. The van der Waals surface area contributed by atoms with Crippen molar-refractivity contribution in [1.29, 1.82) is 0 Å². The van der Waals surface area contributed by atoms with Crippen LogP contribution in [-0.2, 0) is 22.7 Å². The maximum atomic E-state index is 14.0. The number of nitrogens with zero attached hydrogens (tertiary/aromatic N) is 4. The minimum absolute atomic E-state index is 0.0629. The van der Waals surface area contributed by atoms with Crippen LogP contribution in [0.25, 0.3) is 11.0 Å². The molecule has 4 rings (SSSR count). The van der Waals surface area contributed by atoms with E-state index >= 15 is 0 Å². The number of nitrogens with one attached hydrogen (secondary N) is 1. The van der Waals surface area contributed by atoms with Gasteiger partial charge in [0.25, 0.3) is 0 Å². The van der Waals surface area contributed by atoms with Gasteiger partial charge in [0.15, 0.2) is 0 Å². The van der Waals surface area contributed by atoms with E-state index in [9.17, 15) is 9.59 Å². The van der Waals surface area contributed by atoms with Gasteiger partial charge in [-0.25, -0.2) is 4.68 Å². The number of amides is 2. The number of halogens is 1. The van der Waals surface area contributed by atoms with Crippen LogP contribution < -0.4 is 5.32 Å². The normalized spacial score (nSPS) is 12.0. The van der Waals surface area contributed by atoms with Crippen LogP contribution in [-0.4, -0.2) is 38.3 Å². The molecule has 0 radical (unpaired) electrons. The zero-order valence-electron chi connectivity index (χ0n) is 21.4. The van der Waals surface area contributed by atoms with E-state index in [1.54, 1.807) is 15.6 Å². The lowest BCUT2D eigenvalue weighted by atomic mass is 10.0. The van der Waals surface area contributed by atoms with Gasteiger partial charge in [-0.05, 0) is 48.6 Å². The number of benzene rings is 3. The summed E-state index contributed by atoms with van der Waals surface area (Å²) in [5.74, 6) is -0.0481. The molecule has 0 aliphatic carbocycles. The third-order valence-electron chi connectivity index (χ3n) is 6.30. The molecule has 192 valence electrons. The van der Waals surface area contributed by atoms with Crippen molar-refractivity contribution < 1.29 is 9.59 Å². The number of aromatic nitrogens is 3. The van der Waals surface area contributed by atoms with Gasteiger partial charge in [0, 0.05) is 18.1 Å². The van der Waals surface area contributed by atoms with Crippen molar-refractivity contribution in [3.63, 3.8) is 0 Å². The Morgan fingerprint density at radius 1 is 1.00 bits per heavy atom. The highest BCUT2D eigenvalue weighted by Crippen LogP contribution is 2.27. The topological polar surface area (TPSA) is 80.1 Å². The molecule has 0 bridgehead atoms. The molecular weight excluding hydrogens is 486 g/mol. The molecule has 8 heteroatoms. The van der Waals surface area contributed by atoms with Gasteiger partial charge in [-0.3, -0.25) is 9.59 Å². The summed E-state index contributed by atoms with van der Waals surface area (Å²) in [4.78, 5) is 29.2. The molecule has 2 amide bonds. The summed E-state index contributed by atoms with van der Waals surface area (Å²) in [6, 6.07) is 21.7. The lowest BCUT2D eigenvalue weighted by Gasteiger charge is -2.32. The van der Waals surface area contributed by atoms with Gasteiger partial charge < -0.3 is 10.2 Å². The van der Waals surface area contributed by atoms with Crippen LogP contribution >= 0.6 is 11.6 Å². The highest BCUT2D eigenvalue weighted by Gasteiger charge is 2.32. The summed E-state index contributed by atoms with van der Waals surface area (Å²) in [7, 11) is 0. The number of carbonyl (C=O) groups excluding carboxylic acids is 2. The monoisotopic (exact) mass is 517 g/mol. The van der Waals surface area contributed by atoms with Crippen LogP contribution in [0.2, 0.25) is 5.02 Å². The molecule has 0 unspecified atom stereocenters. The third-order valence-corrected chi connectivity index (χ3v) is 6.67. The second kappa shape index (κ2) is 12.0. The van der Waals surface area contributed by atoms with Gasteiger partial charge in [0.2, 0.25) is 11.8 Å². The smallest absolute Gasteiger partial charge is 0.247 e. The van der Waals surface area contributed by atoms with Crippen molar-refractivity contribution >= 4 is 34.4 Å². The van der Waals surface area contributed by atoms with Crippen LogP contribution in [0.4, 0.5) is 0 Å². The predicted molar refractivity (Wildman–Crippen MR) is 146 cm³/mol. The summed E-state index contributed by atoms with van der Waals surface area (Å²) in [6.45, 7) is 6.84. The maximum Gasteiger partial charge on any atom is 0.247 e. The number of hydrogen-bond donors (Lipinski definition) is 1. The number of fused-ring (bicyclic) bond motifs is 1. The first-order valence-electron chi connectivity index (χ1n) is 12.5. The number of para-hydroxylation sites is 1. The molecule has 0 saturated heterocycles. The fourth-order valence-electron chi connectivity index (χ4n) is 4.19. The van der Waals surface area contributed by atoms with E-state index in [1.807, 2.05) is 73.7 Å². The Morgan fingerprint density at radius 3 is 2.43 bits per heavy atom. The van der Waals surface area contributed by atoms with Crippen molar-refractivity contribution in [1.82, 2.24) is 25.2 Å². The Hall–Kier alpha value is -3.71. The SMILES string of the molecule is Cc1ccc([C@@H](C(=O)NCCC(C)C)N(Cc2ccccc2Cl)C(=O)Cn2nnc3ccccc32)cc1. The van der Waals surface area contributed by atoms with Crippen molar-refractivity contribution in [2.24, 2.45) is 5.92 Å². The van der Waals surface area contributed by atoms with Gasteiger partial charge in [0.05, 0.1) is 5.52 Å². The molecule has 4 aromatic rings. The Balaban J connectivity index is 1.73. The minimum atomic E-state index is -0.841. The highest BCUT2D eigenvalue weighted by molar-refractivity contribution is 6.31. The maximum absolute atomic E-state index is 14.0. The molecule has 0 aliphatic rings. The van der Waals surface area contributed by atoms with Gasteiger partial charge in [-0.1, -0.05) is 90.8 Å². The van der Waals surface area contributed by atoms with E-state index in [4.69, 9.17) is 11.6 Å². The minimum Gasteiger partial charge on any atom is -0.354 e. The third kappa shape index (κ3) is 6.54. The van der Waals surface area contributed by atoms with Gasteiger partial charge in [-0.15, -0.1) is 5.10 Å². The molecule has 1 heterocycles. The molecule has 37 heavy (non-hydrogen) atoms. The summed E-state index contributed by atoms with van der Waals surface area (Å²) in [5, 5.41) is 12.0. The fraction of sp³-hybridized carbons (Fsp3) is 0.310. The molecule has 1 N–H and O–H groups in total. The van der Waals surface area contributed by atoms with E-state index in [-0.39, 0.29) is 24.9 Å². The Labute approximate surface area is 222 Å². The van der Waals surface area contributed by atoms with E-state index in [0.29, 0.717) is 23.0 Å². The lowest BCUT2D eigenvalue weighted by molar-refractivity contribution is -0.142. The zero-order chi connectivity index (χ0) is 26.4. The molecule has 0 aliphatic heterocycles. The summed E-state index contributed by atoms with van der Waals surface area (Å²) >= 11 is 6.50. The molecule has 1 aromatic heterocycles. The molecular formula is C29H32ClN5O2. The van der Waals surface area contributed by atoms with Crippen molar-refractivity contribution in [2.45, 2.75) is 46.3 Å². The van der Waals surface area contributed by atoms with Gasteiger partial charge in [0.1, 0.15) is 18.1 Å². The van der Waals surface area contributed by atoms with Crippen LogP contribution in [0.1, 0.15) is 43.0 Å². The fourth-order valence-corrected chi connectivity index (χ4v) is 4.38. The van der Waals surface area contributed by atoms with Crippen molar-refractivity contribution in [3.05, 3.63) is 94.5 Å². The summed E-state index contributed by atoms with van der Waals surface area (Å²) < 4.78 is 1.57. The summed E-state index contributed by atoms with van der Waals surface area (Å²) in [6.07, 6.45) is 0.843. The zero-order valence-corrected chi connectivity index (χ0v) is 22.2. The molecule has 0 saturated carbocycles. The van der Waals surface area contributed by atoms with E-state index in [0.717, 1.165) is 28.6 Å². The Bertz CT molecular complexity index is 1370. The average Bonchev–Trinajstić information content (AvgIpc) is 3.28. The second-order valence-corrected chi connectivity index (χ2v) is 10.0. The molecule has 0 spiro atoms. The standard InChI is InChI=1S/C29H32ClN5O2/c1-20(2)16-17-31-29(37)28(22-14-12-21(3)13-15-22)34(18-23-8-4-5-9-24(23)30)27(36)19-35-26-11-7-6-10-25(26)32-33-35/h4-15,20,28H,16-19H2,1-3H3,(H,31,37)/t28-/m0/s1. The lowest BCUT2D eigenvalue weighted by Crippen LogP contribution is -2.45. The second-order valence-electron chi connectivity index (χ2n) is 9.64. The van der Waals surface area contributed by atoms with Gasteiger partial charge >= 0.3 is 0 Å². The van der Waals surface area contributed by atoms with Crippen LogP contribution in [0.5, 0.6) is 0 Å².